The summed E-state index contributed by atoms with van der Waals surface area (Å²) in [6.45, 7) is 7.58. The number of fused-ring (bicyclic) bond motifs is 1. The van der Waals surface area contributed by atoms with Crippen LogP contribution in [0.5, 0.6) is 0 Å². The van der Waals surface area contributed by atoms with Gasteiger partial charge < -0.3 is 16.0 Å². The minimum absolute atomic E-state index is 0. The summed E-state index contributed by atoms with van der Waals surface area (Å²) in [4.78, 5) is 42.3. The second-order valence-electron chi connectivity index (χ2n) is 12.3. The van der Waals surface area contributed by atoms with Crippen LogP contribution in [0.4, 0.5) is 11.4 Å². The Bertz CT molecular complexity index is 1540. The summed E-state index contributed by atoms with van der Waals surface area (Å²) in [5, 5.41) is 9.93. The van der Waals surface area contributed by atoms with Crippen molar-refractivity contribution in [3.8, 4) is 0 Å². The summed E-state index contributed by atoms with van der Waals surface area (Å²) in [6.07, 6.45) is 17.3. The molecule has 3 N–H and O–H groups in total. The predicted octanol–water partition coefficient (Wildman–Crippen LogP) is 6.72. The van der Waals surface area contributed by atoms with Crippen LogP contribution in [-0.4, -0.2) is 29.3 Å². The Labute approximate surface area is 295 Å². The van der Waals surface area contributed by atoms with E-state index in [-0.39, 0.29) is 34.8 Å². The molecular formula is C38H37ClFeN4O3+2. The Balaban J connectivity index is 0.000000762. The number of carbonyl (C=O) groups excluding carboxylic acids is 3. The Kier molecular flexibility index (Phi) is 12.2. The largest absolute Gasteiger partial charge is 2.00 e. The van der Waals surface area contributed by atoms with E-state index < -0.39 is 17.2 Å². The minimum Gasteiger partial charge on any atom is -0.359 e. The molecule has 6 rings (SSSR count). The van der Waals surface area contributed by atoms with Crippen LogP contribution in [0.25, 0.3) is 0 Å². The molecule has 0 aromatic heterocycles. The van der Waals surface area contributed by atoms with E-state index in [2.05, 4.69) is 16.0 Å². The second-order valence-corrected chi connectivity index (χ2v) is 12.7. The number of nitrogens with zero attached hydrogens (tertiary/aromatic N) is 1. The van der Waals surface area contributed by atoms with Gasteiger partial charge in [0, 0.05) is 33.4 Å². The minimum atomic E-state index is -0.948. The molecule has 10 radical (unpaired) electrons. The molecule has 7 nitrogen and oxygen atoms in total. The number of hydrogen-bond acceptors (Lipinski definition) is 4. The van der Waals surface area contributed by atoms with Gasteiger partial charge in [0.2, 0.25) is 5.91 Å². The maximum atomic E-state index is 14.2. The van der Waals surface area contributed by atoms with Crippen molar-refractivity contribution in [1.82, 2.24) is 10.6 Å². The van der Waals surface area contributed by atoms with Gasteiger partial charge in [-0.1, -0.05) is 41.9 Å². The number of hydrogen-bond donors (Lipinski definition) is 3. The Morgan fingerprint density at radius 1 is 0.830 bits per heavy atom. The first-order valence-electron chi connectivity index (χ1n) is 15.0. The van der Waals surface area contributed by atoms with Gasteiger partial charge in [-0.25, -0.2) is 0 Å². The first-order chi connectivity index (χ1) is 21.9. The van der Waals surface area contributed by atoms with Gasteiger partial charge in [-0.3, -0.25) is 19.3 Å². The average molecular weight is 689 g/mol. The van der Waals surface area contributed by atoms with Gasteiger partial charge in [-0.05, 0) is 134 Å². The zero-order valence-electron chi connectivity index (χ0n) is 26.6. The van der Waals surface area contributed by atoms with Crippen molar-refractivity contribution in [3.05, 3.63) is 158 Å². The summed E-state index contributed by atoms with van der Waals surface area (Å²) in [7, 11) is 0. The fourth-order valence-electron chi connectivity index (χ4n) is 5.38. The molecule has 3 aromatic carbocycles. The standard InChI is InChI=1S/C33H32ClN4O3.C5H5.Fe/c1-32(2,3)36-30(40)28(21-10-5-6-11-21)38(31(41)22-12-9-13-24(34)20-22)25-18-16-23(17-19-25)33(4)35-27-15-8-7-14-26(27)29(39)37-33;1-2-4-5-3-1;/h5-20,28,35H,1-4H3,(H,36,40)(H,37,39);1-5H;/q;;+2. The van der Waals surface area contributed by atoms with Crippen molar-refractivity contribution in [2.45, 2.75) is 44.9 Å². The Morgan fingerprint density at radius 2 is 1.45 bits per heavy atom. The van der Waals surface area contributed by atoms with Crippen molar-refractivity contribution in [2.24, 2.45) is 0 Å². The third-order valence-electron chi connectivity index (χ3n) is 7.50. The van der Waals surface area contributed by atoms with Gasteiger partial charge in [0.25, 0.3) is 11.8 Å². The molecule has 3 aliphatic rings. The van der Waals surface area contributed by atoms with Crippen molar-refractivity contribution in [3.63, 3.8) is 0 Å². The average Bonchev–Trinajstić information content (AvgIpc) is 3.77. The van der Waals surface area contributed by atoms with E-state index in [0.29, 0.717) is 27.8 Å². The molecule has 1 heterocycles. The fraction of sp³-hybridized carbons (Fsp3) is 0.184. The number of benzene rings is 3. The van der Waals surface area contributed by atoms with Crippen molar-refractivity contribution < 1.29 is 31.5 Å². The zero-order valence-corrected chi connectivity index (χ0v) is 28.5. The molecule has 47 heavy (non-hydrogen) atoms. The topological polar surface area (TPSA) is 90.5 Å². The smallest absolute Gasteiger partial charge is 0.359 e. The fourth-order valence-corrected chi connectivity index (χ4v) is 5.57. The maximum Gasteiger partial charge on any atom is 2.00 e. The van der Waals surface area contributed by atoms with Crippen LogP contribution in [0.3, 0.4) is 0 Å². The zero-order chi connectivity index (χ0) is 32.9. The van der Waals surface area contributed by atoms with Crippen molar-refractivity contribution >= 4 is 40.7 Å². The molecule has 1 aliphatic heterocycles. The molecule has 2 saturated carbocycles. The van der Waals surface area contributed by atoms with Gasteiger partial charge in [0.15, 0.2) is 0 Å². The number of rotatable bonds is 6. The van der Waals surface area contributed by atoms with Crippen LogP contribution in [0, 0.1) is 63.7 Å². The molecule has 9 heteroatoms. The summed E-state index contributed by atoms with van der Waals surface area (Å²) in [5.74, 6) is -0.192. The van der Waals surface area contributed by atoms with Gasteiger partial charge in [0.1, 0.15) is 11.7 Å². The number of amides is 3. The van der Waals surface area contributed by atoms with Crippen LogP contribution in [0.15, 0.2) is 72.8 Å². The second kappa shape index (κ2) is 15.7. The first-order valence-corrected chi connectivity index (χ1v) is 15.4. The van der Waals surface area contributed by atoms with Crippen LogP contribution in [-0.2, 0) is 27.5 Å². The number of anilines is 2. The maximum absolute atomic E-state index is 14.2. The van der Waals surface area contributed by atoms with E-state index in [1.807, 2.05) is 116 Å². The quantitative estimate of drug-likeness (QED) is 0.251. The summed E-state index contributed by atoms with van der Waals surface area (Å²) < 4.78 is 0. The normalized spacial score (nSPS) is 19.6. The van der Waals surface area contributed by atoms with Gasteiger partial charge in [-0.15, -0.1) is 0 Å². The molecule has 0 saturated heterocycles. The SMILES string of the molecule is CC(C)(C)NC(=O)C([C]1[CH][CH][CH][CH]1)N(C(=O)c1cccc(Cl)c1)c1ccc(C2(C)NC(=O)c3ccccc3N2)cc1.[CH]1[CH][CH][CH][CH]1.[Fe+2]. The molecule has 240 valence electrons. The summed E-state index contributed by atoms with van der Waals surface area (Å²) >= 11 is 6.25. The van der Waals surface area contributed by atoms with Gasteiger partial charge in [-0.2, -0.15) is 0 Å². The van der Waals surface area contributed by atoms with Crippen LogP contribution in [0.1, 0.15) is 54.0 Å². The molecule has 2 fully saturated rings. The third kappa shape index (κ3) is 8.98. The van der Waals surface area contributed by atoms with E-state index >= 15 is 0 Å². The van der Waals surface area contributed by atoms with Crippen molar-refractivity contribution in [2.75, 3.05) is 10.2 Å². The predicted molar refractivity (Wildman–Crippen MR) is 183 cm³/mol. The molecule has 3 aromatic rings. The van der Waals surface area contributed by atoms with E-state index in [1.54, 1.807) is 42.5 Å². The number of nitrogens with one attached hydrogen (secondary N) is 3. The number of para-hydroxylation sites is 1. The van der Waals surface area contributed by atoms with Gasteiger partial charge in [0.05, 0.1) is 5.56 Å². The Hall–Kier alpha value is -3.32. The van der Waals surface area contributed by atoms with E-state index in [4.69, 9.17) is 11.6 Å². The molecule has 0 bridgehead atoms. The van der Waals surface area contributed by atoms with Crippen LogP contribution < -0.4 is 20.9 Å². The van der Waals surface area contributed by atoms with Crippen molar-refractivity contribution in [1.29, 1.82) is 0 Å². The third-order valence-corrected chi connectivity index (χ3v) is 7.73. The van der Waals surface area contributed by atoms with E-state index in [1.165, 1.54) is 4.90 Å². The van der Waals surface area contributed by atoms with Crippen LogP contribution in [0.2, 0.25) is 5.02 Å². The molecule has 2 aliphatic carbocycles. The van der Waals surface area contributed by atoms with Crippen LogP contribution >= 0.6 is 11.6 Å². The number of halogens is 1. The Morgan fingerprint density at radius 3 is 2.04 bits per heavy atom. The molecular weight excluding hydrogens is 652 g/mol. The first kappa shape index (κ1) is 36.5. The molecule has 2 atom stereocenters. The molecule has 0 spiro atoms. The molecule has 3 amide bonds. The number of carbonyl (C=O) groups is 3. The van der Waals surface area contributed by atoms with E-state index in [0.717, 1.165) is 11.3 Å². The van der Waals surface area contributed by atoms with E-state index in [9.17, 15) is 14.4 Å². The molecule has 2 unspecified atom stereocenters. The summed E-state index contributed by atoms with van der Waals surface area (Å²) in [5.41, 5.74) is 1.54. The van der Waals surface area contributed by atoms with Gasteiger partial charge >= 0.3 is 17.1 Å². The summed E-state index contributed by atoms with van der Waals surface area (Å²) in [6, 6.07) is 20.3. The monoisotopic (exact) mass is 688 g/mol.